The highest BCUT2D eigenvalue weighted by Gasteiger charge is 2.24. The molecule has 1 N–H and O–H groups in total. The van der Waals surface area contributed by atoms with Gasteiger partial charge in [-0.3, -0.25) is 4.57 Å². The molecular formula is C21H22N4O2. The summed E-state index contributed by atoms with van der Waals surface area (Å²) in [5.74, 6) is 0.445. The Kier molecular flexibility index (Phi) is 4.05. The van der Waals surface area contributed by atoms with Crippen LogP contribution in [-0.2, 0) is 6.54 Å². The molecule has 2 aromatic carbocycles. The van der Waals surface area contributed by atoms with Crippen molar-refractivity contribution in [2.24, 2.45) is 0 Å². The Morgan fingerprint density at radius 2 is 1.81 bits per heavy atom. The Labute approximate surface area is 156 Å². The van der Waals surface area contributed by atoms with Gasteiger partial charge in [0.05, 0.1) is 16.7 Å². The zero-order valence-corrected chi connectivity index (χ0v) is 15.1. The lowest BCUT2D eigenvalue weighted by Crippen LogP contribution is -2.36. The molecule has 2 aromatic heterocycles. The van der Waals surface area contributed by atoms with Crippen LogP contribution < -0.4 is 5.69 Å². The van der Waals surface area contributed by atoms with Crippen molar-refractivity contribution in [3.8, 4) is 0 Å². The third-order valence-electron chi connectivity index (χ3n) is 5.70. The number of hydrogen-bond acceptors (Lipinski definition) is 4. The molecule has 4 aromatic rings. The summed E-state index contributed by atoms with van der Waals surface area (Å²) in [5, 5.41) is 5.47. The average Bonchev–Trinajstić information content (AvgIpc) is 3.27. The minimum atomic E-state index is -0.0276. The van der Waals surface area contributed by atoms with Crippen molar-refractivity contribution < 1.29 is 4.52 Å². The van der Waals surface area contributed by atoms with Gasteiger partial charge in [0.15, 0.2) is 5.58 Å². The van der Waals surface area contributed by atoms with E-state index in [4.69, 9.17) is 4.52 Å². The molecule has 1 fully saturated rings. The Morgan fingerprint density at radius 3 is 2.70 bits per heavy atom. The Balaban J connectivity index is 1.25. The number of nitrogens with zero attached hydrogens (tertiary/aromatic N) is 3. The van der Waals surface area contributed by atoms with Crippen molar-refractivity contribution in [2.75, 3.05) is 19.6 Å². The van der Waals surface area contributed by atoms with Gasteiger partial charge >= 0.3 is 5.69 Å². The molecule has 1 aliphatic heterocycles. The van der Waals surface area contributed by atoms with E-state index in [0.717, 1.165) is 60.2 Å². The number of likely N-dealkylation sites (tertiary alicyclic amines) is 1. The van der Waals surface area contributed by atoms with E-state index in [1.165, 1.54) is 0 Å². The van der Waals surface area contributed by atoms with Crippen molar-refractivity contribution in [1.82, 2.24) is 19.6 Å². The van der Waals surface area contributed by atoms with Gasteiger partial charge in [-0.05, 0) is 50.2 Å². The molecule has 0 aliphatic carbocycles. The van der Waals surface area contributed by atoms with Crippen LogP contribution in [0.2, 0.25) is 0 Å². The molecule has 0 saturated carbocycles. The van der Waals surface area contributed by atoms with Gasteiger partial charge < -0.3 is 14.4 Å². The van der Waals surface area contributed by atoms with Gasteiger partial charge in [0.2, 0.25) is 0 Å². The lowest BCUT2D eigenvalue weighted by atomic mass is 9.91. The van der Waals surface area contributed by atoms with E-state index in [2.05, 4.69) is 21.1 Å². The molecule has 0 radical (unpaired) electrons. The highest BCUT2D eigenvalue weighted by atomic mass is 16.5. The third kappa shape index (κ3) is 2.96. The van der Waals surface area contributed by atoms with Crippen molar-refractivity contribution in [1.29, 1.82) is 0 Å². The summed E-state index contributed by atoms with van der Waals surface area (Å²) in [6.45, 7) is 3.63. The van der Waals surface area contributed by atoms with Crippen molar-refractivity contribution >= 4 is 22.0 Å². The van der Waals surface area contributed by atoms with E-state index in [-0.39, 0.29) is 5.69 Å². The smallest absolute Gasteiger partial charge is 0.326 e. The molecule has 6 heteroatoms. The molecule has 3 heterocycles. The number of benzene rings is 2. The van der Waals surface area contributed by atoms with Crippen LogP contribution in [0.1, 0.15) is 24.5 Å². The summed E-state index contributed by atoms with van der Waals surface area (Å²) in [6, 6.07) is 15.9. The number of piperidine rings is 1. The molecule has 0 spiro atoms. The van der Waals surface area contributed by atoms with Crippen molar-refractivity contribution in [3.63, 3.8) is 0 Å². The Bertz CT molecular complexity index is 1130. The number of nitrogens with one attached hydrogen (secondary N) is 1. The SMILES string of the molecule is O=c1[nH]c2ccccc2n1CCN1CCC(c2noc3ccccc23)CC1. The number of imidazole rings is 1. The molecular weight excluding hydrogens is 340 g/mol. The van der Waals surface area contributed by atoms with Crippen molar-refractivity contribution in [2.45, 2.75) is 25.3 Å². The van der Waals surface area contributed by atoms with Crippen molar-refractivity contribution in [3.05, 3.63) is 64.7 Å². The average molecular weight is 362 g/mol. The zero-order valence-electron chi connectivity index (χ0n) is 15.1. The monoisotopic (exact) mass is 362 g/mol. The van der Waals surface area contributed by atoms with Gasteiger partial charge in [-0.15, -0.1) is 0 Å². The summed E-state index contributed by atoms with van der Waals surface area (Å²) < 4.78 is 7.31. The second kappa shape index (κ2) is 6.70. The molecule has 0 bridgehead atoms. The predicted octanol–water partition coefficient (Wildman–Crippen LogP) is 3.35. The maximum atomic E-state index is 12.2. The fraction of sp³-hybridized carbons (Fsp3) is 0.333. The van der Waals surface area contributed by atoms with Crippen LogP contribution in [0.15, 0.2) is 57.8 Å². The summed E-state index contributed by atoms with van der Waals surface area (Å²) in [5.41, 5.74) is 3.82. The van der Waals surface area contributed by atoms with Crippen LogP contribution in [0.5, 0.6) is 0 Å². The van der Waals surface area contributed by atoms with Gasteiger partial charge in [0, 0.05) is 24.4 Å². The topological polar surface area (TPSA) is 67.1 Å². The molecule has 6 nitrogen and oxygen atoms in total. The predicted molar refractivity (Wildman–Crippen MR) is 105 cm³/mol. The second-order valence-electron chi connectivity index (χ2n) is 7.28. The number of aromatic nitrogens is 3. The highest BCUT2D eigenvalue weighted by molar-refractivity contribution is 5.79. The maximum Gasteiger partial charge on any atom is 0.326 e. The van der Waals surface area contributed by atoms with Crippen LogP contribution in [0.4, 0.5) is 0 Å². The largest absolute Gasteiger partial charge is 0.356 e. The molecule has 0 amide bonds. The first-order valence-electron chi connectivity index (χ1n) is 9.54. The van der Waals surface area contributed by atoms with E-state index in [1.807, 2.05) is 47.0 Å². The minimum absolute atomic E-state index is 0.0276. The van der Waals surface area contributed by atoms with Gasteiger partial charge in [-0.1, -0.05) is 29.4 Å². The molecule has 5 rings (SSSR count). The van der Waals surface area contributed by atoms with Crippen LogP contribution in [-0.4, -0.2) is 39.2 Å². The van der Waals surface area contributed by atoms with Crippen LogP contribution >= 0.6 is 0 Å². The molecule has 27 heavy (non-hydrogen) atoms. The number of hydrogen-bond donors (Lipinski definition) is 1. The van der Waals surface area contributed by atoms with E-state index >= 15 is 0 Å². The first-order valence-corrected chi connectivity index (χ1v) is 9.54. The lowest BCUT2D eigenvalue weighted by molar-refractivity contribution is 0.202. The summed E-state index contributed by atoms with van der Waals surface area (Å²) in [4.78, 5) is 17.6. The second-order valence-corrected chi connectivity index (χ2v) is 7.28. The molecule has 1 saturated heterocycles. The van der Waals surface area contributed by atoms with Crippen LogP contribution in [0.3, 0.4) is 0 Å². The van der Waals surface area contributed by atoms with E-state index in [0.29, 0.717) is 12.5 Å². The number of aromatic amines is 1. The van der Waals surface area contributed by atoms with Crippen LogP contribution in [0, 0.1) is 0 Å². The van der Waals surface area contributed by atoms with Gasteiger partial charge in [0.1, 0.15) is 0 Å². The number of para-hydroxylation sites is 3. The lowest BCUT2D eigenvalue weighted by Gasteiger charge is -2.31. The molecule has 0 unspecified atom stereocenters. The number of rotatable bonds is 4. The van der Waals surface area contributed by atoms with Crippen LogP contribution in [0.25, 0.3) is 22.0 Å². The standard InChI is InChI=1S/C21H22N4O2/c26-21-22-17-6-2-3-7-18(17)25(21)14-13-24-11-9-15(10-12-24)20-16-5-1-4-8-19(16)27-23-20/h1-8,15H,9-14H2,(H,22,26). The first-order chi connectivity index (χ1) is 13.3. The van der Waals surface area contributed by atoms with Gasteiger partial charge in [0.25, 0.3) is 0 Å². The van der Waals surface area contributed by atoms with E-state index < -0.39 is 0 Å². The Morgan fingerprint density at radius 1 is 1.04 bits per heavy atom. The zero-order chi connectivity index (χ0) is 18.2. The highest BCUT2D eigenvalue weighted by Crippen LogP contribution is 2.32. The van der Waals surface area contributed by atoms with E-state index in [1.54, 1.807) is 0 Å². The first kappa shape index (κ1) is 16.3. The number of H-pyrrole nitrogens is 1. The molecule has 1 aliphatic rings. The summed E-state index contributed by atoms with van der Waals surface area (Å²) in [7, 11) is 0. The molecule has 0 atom stereocenters. The van der Waals surface area contributed by atoms with Gasteiger partial charge in [-0.25, -0.2) is 4.79 Å². The third-order valence-corrected chi connectivity index (χ3v) is 5.70. The fourth-order valence-electron chi connectivity index (χ4n) is 4.20. The minimum Gasteiger partial charge on any atom is -0.356 e. The Hall–Kier alpha value is -2.86. The normalized spacial score (nSPS) is 16.4. The summed E-state index contributed by atoms with van der Waals surface area (Å²) >= 11 is 0. The van der Waals surface area contributed by atoms with E-state index in [9.17, 15) is 4.79 Å². The quantitative estimate of drug-likeness (QED) is 0.605. The summed E-state index contributed by atoms with van der Waals surface area (Å²) in [6.07, 6.45) is 2.14. The maximum absolute atomic E-state index is 12.2. The fourth-order valence-corrected chi connectivity index (χ4v) is 4.20. The molecule has 138 valence electrons. The number of fused-ring (bicyclic) bond motifs is 2. The van der Waals surface area contributed by atoms with Gasteiger partial charge in [-0.2, -0.15) is 0 Å².